The number of carbonyl (C=O) groups excluding carboxylic acids is 1. The Morgan fingerprint density at radius 2 is 2.41 bits per heavy atom. The molecule has 1 N–H and O–H groups in total. The highest BCUT2D eigenvalue weighted by molar-refractivity contribution is 7.98. The molecule has 90 valence electrons. The number of nitrogens with one attached hydrogen (secondary N) is 1. The molecule has 2 rings (SSSR count). The van der Waals surface area contributed by atoms with Crippen molar-refractivity contribution in [2.45, 2.75) is 6.92 Å². The van der Waals surface area contributed by atoms with Crippen molar-refractivity contribution in [3.05, 3.63) is 18.6 Å². The summed E-state index contributed by atoms with van der Waals surface area (Å²) in [6.07, 6.45) is 6.90. The first kappa shape index (κ1) is 11.8. The lowest BCUT2D eigenvalue weighted by atomic mass is 10.2. The van der Waals surface area contributed by atoms with Gasteiger partial charge in [-0.2, -0.15) is 11.8 Å². The van der Waals surface area contributed by atoms with Gasteiger partial charge in [0.25, 0.3) is 0 Å². The van der Waals surface area contributed by atoms with Crippen LogP contribution in [0.3, 0.4) is 0 Å². The Morgan fingerprint density at radius 3 is 3.18 bits per heavy atom. The van der Waals surface area contributed by atoms with Crippen molar-refractivity contribution in [2.75, 3.05) is 17.3 Å². The quantitative estimate of drug-likeness (QED) is 0.879. The molecule has 0 fully saturated rings. The Morgan fingerprint density at radius 1 is 1.59 bits per heavy atom. The summed E-state index contributed by atoms with van der Waals surface area (Å²) >= 11 is 1.64. The molecule has 2 heterocycles. The van der Waals surface area contributed by atoms with Gasteiger partial charge in [-0.3, -0.25) is 19.5 Å². The number of aromatic nitrogens is 4. The van der Waals surface area contributed by atoms with Crippen molar-refractivity contribution >= 4 is 29.3 Å². The van der Waals surface area contributed by atoms with Crippen molar-refractivity contribution in [1.82, 2.24) is 19.6 Å². The molecule has 0 aliphatic rings. The highest BCUT2D eigenvalue weighted by Gasteiger charge is 2.15. The Kier molecular flexibility index (Phi) is 3.58. The van der Waals surface area contributed by atoms with Gasteiger partial charge in [-0.25, -0.2) is 0 Å². The smallest absolute Gasteiger partial charge is 0.235 e. The molecule has 1 unspecified atom stereocenters. The molecule has 0 aliphatic carbocycles. The van der Waals surface area contributed by atoms with E-state index in [2.05, 4.69) is 20.5 Å². The van der Waals surface area contributed by atoms with Crippen molar-refractivity contribution in [3.8, 4) is 0 Å². The number of carbonyl (C=O) groups is 1. The molecule has 1 amide bonds. The van der Waals surface area contributed by atoms with Gasteiger partial charge in [-0.1, -0.05) is 6.92 Å². The van der Waals surface area contributed by atoms with Gasteiger partial charge >= 0.3 is 0 Å². The van der Waals surface area contributed by atoms with Gasteiger partial charge in [0, 0.05) is 24.1 Å². The maximum absolute atomic E-state index is 11.8. The van der Waals surface area contributed by atoms with E-state index in [1.165, 1.54) is 0 Å². The number of hydrogen-bond donors (Lipinski definition) is 1. The first-order valence-electron chi connectivity index (χ1n) is 5.17. The highest BCUT2D eigenvalue weighted by Crippen LogP contribution is 2.10. The molecule has 0 radical (unpaired) electrons. The maximum Gasteiger partial charge on any atom is 0.235 e. The number of nitrogens with zero attached hydrogens (tertiary/aromatic N) is 4. The summed E-state index contributed by atoms with van der Waals surface area (Å²) in [7, 11) is 0. The van der Waals surface area contributed by atoms with Crippen molar-refractivity contribution in [3.63, 3.8) is 0 Å². The molecule has 6 nitrogen and oxygen atoms in total. The fraction of sp³-hybridized carbons (Fsp3) is 0.400. The SMILES string of the molecule is CSCC(C)C(=O)Nc1nnc2cnccn12. The Hall–Kier alpha value is -1.63. The van der Waals surface area contributed by atoms with Crippen LogP contribution in [0, 0.1) is 5.92 Å². The summed E-state index contributed by atoms with van der Waals surface area (Å²) in [6.45, 7) is 1.89. The molecule has 0 saturated heterocycles. The highest BCUT2D eigenvalue weighted by atomic mass is 32.2. The molecule has 7 heteroatoms. The molecule has 2 aromatic rings. The van der Waals surface area contributed by atoms with Crippen LogP contribution in [0.15, 0.2) is 18.6 Å². The average molecular weight is 251 g/mol. The zero-order valence-corrected chi connectivity index (χ0v) is 10.4. The van der Waals surface area contributed by atoms with Crippen LogP contribution in [0.25, 0.3) is 5.65 Å². The molecule has 0 aliphatic heterocycles. The predicted molar refractivity (Wildman–Crippen MR) is 67.0 cm³/mol. The van der Waals surface area contributed by atoms with Gasteiger partial charge in [-0.15, -0.1) is 10.2 Å². The molecular formula is C10H13N5OS. The van der Waals surface area contributed by atoms with E-state index in [-0.39, 0.29) is 11.8 Å². The molecule has 0 saturated carbocycles. The lowest BCUT2D eigenvalue weighted by Crippen LogP contribution is -2.23. The maximum atomic E-state index is 11.8. The van der Waals surface area contributed by atoms with E-state index >= 15 is 0 Å². The first-order chi connectivity index (χ1) is 8.22. The second kappa shape index (κ2) is 5.13. The van der Waals surface area contributed by atoms with Gasteiger partial charge < -0.3 is 0 Å². The van der Waals surface area contributed by atoms with Crippen molar-refractivity contribution < 1.29 is 4.79 Å². The van der Waals surface area contributed by atoms with Gasteiger partial charge in [0.2, 0.25) is 11.9 Å². The Labute approximate surface area is 103 Å². The lowest BCUT2D eigenvalue weighted by molar-refractivity contribution is -0.118. The topological polar surface area (TPSA) is 72.2 Å². The van der Waals surface area contributed by atoms with Crippen LogP contribution in [0.4, 0.5) is 5.95 Å². The Bertz CT molecular complexity index is 526. The zero-order chi connectivity index (χ0) is 12.3. The number of fused-ring (bicyclic) bond motifs is 1. The normalized spacial score (nSPS) is 12.6. The standard InChI is InChI=1S/C10H13N5OS/c1-7(6-17-2)9(16)12-10-14-13-8-5-11-3-4-15(8)10/h3-5,7H,6H2,1-2H3,(H,12,14,16). The third-order valence-electron chi connectivity index (χ3n) is 2.31. The van der Waals surface area contributed by atoms with Gasteiger partial charge in [-0.05, 0) is 6.26 Å². The van der Waals surface area contributed by atoms with Crippen LogP contribution in [0.2, 0.25) is 0 Å². The van der Waals surface area contributed by atoms with Gasteiger partial charge in [0.15, 0.2) is 5.65 Å². The minimum atomic E-state index is -0.0563. The summed E-state index contributed by atoms with van der Waals surface area (Å²) in [5.74, 6) is 1.11. The van der Waals surface area contributed by atoms with Crippen LogP contribution < -0.4 is 5.32 Å². The second-order valence-electron chi connectivity index (χ2n) is 3.67. The van der Waals surface area contributed by atoms with E-state index < -0.39 is 0 Å². The number of anilines is 1. The predicted octanol–water partition coefficient (Wildman–Crippen LogP) is 1.06. The molecule has 17 heavy (non-hydrogen) atoms. The second-order valence-corrected chi connectivity index (χ2v) is 4.58. The molecule has 0 bridgehead atoms. The Balaban J connectivity index is 2.16. The van der Waals surface area contributed by atoms with Gasteiger partial charge in [0.05, 0.1) is 6.20 Å². The monoisotopic (exact) mass is 251 g/mol. The fourth-order valence-corrected chi connectivity index (χ4v) is 2.05. The van der Waals surface area contributed by atoms with Crippen LogP contribution >= 0.6 is 11.8 Å². The van der Waals surface area contributed by atoms with Crippen LogP contribution in [0.5, 0.6) is 0 Å². The summed E-state index contributed by atoms with van der Waals surface area (Å²) in [4.78, 5) is 15.8. The summed E-state index contributed by atoms with van der Waals surface area (Å²) in [5, 5.41) is 10.6. The summed E-state index contributed by atoms with van der Waals surface area (Å²) in [5.41, 5.74) is 0.611. The van der Waals surface area contributed by atoms with Crippen LogP contribution in [-0.4, -0.2) is 37.5 Å². The molecular weight excluding hydrogens is 238 g/mol. The first-order valence-corrected chi connectivity index (χ1v) is 6.56. The average Bonchev–Trinajstić information content (AvgIpc) is 2.73. The molecule has 0 spiro atoms. The third-order valence-corrected chi connectivity index (χ3v) is 3.15. The minimum Gasteiger partial charge on any atom is -0.294 e. The number of amides is 1. The van der Waals surface area contributed by atoms with Crippen molar-refractivity contribution in [2.24, 2.45) is 5.92 Å². The molecule has 0 aromatic carbocycles. The zero-order valence-electron chi connectivity index (χ0n) is 9.62. The van der Waals surface area contributed by atoms with Crippen LogP contribution in [-0.2, 0) is 4.79 Å². The van der Waals surface area contributed by atoms with E-state index in [0.29, 0.717) is 11.6 Å². The number of thioether (sulfide) groups is 1. The van der Waals surface area contributed by atoms with E-state index in [0.717, 1.165) is 5.75 Å². The van der Waals surface area contributed by atoms with Crippen LogP contribution in [0.1, 0.15) is 6.92 Å². The summed E-state index contributed by atoms with van der Waals surface area (Å²) < 4.78 is 1.69. The molecule has 1 atom stereocenters. The lowest BCUT2D eigenvalue weighted by Gasteiger charge is -2.08. The van der Waals surface area contributed by atoms with E-state index in [1.54, 1.807) is 34.8 Å². The number of rotatable bonds is 4. The largest absolute Gasteiger partial charge is 0.294 e. The fourth-order valence-electron chi connectivity index (χ4n) is 1.40. The van der Waals surface area contributed by atoms with Gasteiger partial charge in [0.1, 0.15) is 0 Å². The minimum absolute atomic E-state index is 0.0505. The van der Waals surface area contributed by atoms with E-state index in [9.17, 15) is 4.79 Å². The number of hydrogen-bond acceptors (Lipinski definition) is 5. The van der Waals surface area contributed by atoms with Crippen molar-refractivity contribution in [1.29, 1.82) is 0 Å². The third kappa shape index (κ3) is 2.55. The van der Waals surface area contributed by atoms with E-state index in [4.69, 9.17) is 0 Å². The molecule has 2 aromatic heterocycles. The summed E-state index contributed by atoms with van der Waals surface area (Å²) in [6, 6.07) is 0. The van der Waals surface area contributed by atoms with E-state index in [1.807, 2.05) is 13.2 Å².